The van der Waals surface area contributed by atoms with E-state index in [1.807, 2.05) is 0 Å². The van der Waals surface area contributed by atoms with Crippen LogP contribution < -0.4 is 0 Å². The molecule has 1 aliphatic heterocycles. The van der Waals surface area contributed by atoms with Crippen molar-refractivity contribution in [3.63, 3.8) is 0 Å². The van der Waals surface area contributed by atoms with Crippen molar-refractivity contribution in [3.8, 4) is 0 Å². The van der Waals surface area contributed by atoms with Gasteiger partial charge in [-0.1, -0.05) is 0 Å². The monoisotopic (exact) mass is 394 g/mol. The predicted molar refractivity (Wildman–Crippen MR) is 91.4 cm³/mol. The van der Waals surface area contributed by atoms with Crippen LogP contribution in [0.1, 0.15) is 26.7 Å². The van der Waals surface area contributed by atoms with Crippen LogP contribution in [0.4, 0.5) is 0 Å². The van der Waals surface area contributed by atoms with Gasteiger partial charge in [0.15, 0.2) is 0 Å². The van der Waals surface area contributed by atoms with E-state index in [1.54, 1.807) is 0 Å². The van der Waals surface area contributed by atoms with Gasteiger partial charge < -0.3 is 0 Å². The molecule has 0 amide bonds. The van der Waals surface area contributed by atoms with Crippen molar-refractivity contribution >= 4 is 64.3 Å². The van der Waals surface area contributed by atoms with Gasteiger partial charge in [-0.05, 0) is 0 Å². The SMILES string of the molecule is CC(CSC1CC[Se]C(SCC(C)OS)C1)OS. The second kappa shape index (κ2) is 10.5. The first-order valence-corrected chi connectivity index (χ1v) is 11.1. The summed E-state index contributed by atoms with van der Waals surface area (Å²) in [7, 11) is 0. The Morgan fingerprint density at radius 1 is 1.17 bits per heavy atom. The van der Waals surface area contributed by atoms with Crippen LogP contribution in [0, 0.1) is 0 Å². The first-order valence-electron chi connectivity index (χ1n) is 6.11. The topological polar surface area (TPSA) is 18.5 Å². The zero-order chi connectivity index (χ0) is 13.4. The van der Waals surface area contributed by atoms with Crippen LogP contribution >= 0.6 is 49.3 Å². The van der Waals surface area contributed by atoms with Gasteiger partial charge in [0, 0.05) is 0 Å². The molecule has 1 saturated heterocycles. The van der Waals surface area contributed by atoms with E-state index in [-0.39, 0.29) is 12.2 Å². The van der Waals surface area contributed by atoms with Crippen LogP contribution in [0.3, 0.4) is 0 Å². The zero-order valence-electron chi connectivity index (χ0n) is 10.8. The number of thiol groups is 2. The summed E-state index contributed by atoms with van der Waals surface area (Å²) in [4.78, 5) is 0. The summed E-state index contributed by atoms with van der Waals surface area (Å²) in [6.45, 7) is 4.15. The summed E-state index contributed by atoms with van der Waals surface area (Å²) in [5.41, 5.74) is 0. The molecule has 4 atom stereocenters. The van der Waals surface area contributed by atoms with E-state index < -0.39 is 0 Å². The van der Waals surface area contributed by atoms with Gasteiger partial charge in [-0.3, -0.25) is 0 Å². The predicted octanol–water partition coefficient (Wildman–Crippen LogP) is 3.56. The fraction of sp³-hybridized carbons (Fsp3) is 1.00. The average molecular weight is 394 g/mol. The van der Waals surface area contributed by atoms with Gasteiger partial charge in [0.25, 0.3) is 0 Å². The second-order valence-electron chi connectivity index (χ2n) is 4.45. The molecule has 0 aliphatic carbocycles. The van der Waals surface area contributed by atoms with Crippen molar-refractivity contribution in [3.05, 3.63) is 0 Å². The van der Waals surface area contributed by atoms with E-state index in [2.05, 4.69) is 63.2 Å². The molecule has 0 radical (unpaired) electrons. The number of hydrogen-bond acceptors (Lipinski definition) is 6. The Bertz CT molecular complexity index is 203. The molecule has 1 fully saturated rings. The van der Waals surface area contributed by atoms with E-state index in [1.165, 1.54) is 18.2 Å². The second-order valence-corrected chi connectivity index (χ2v) is 10.9. The van der Waals surface area contributed by atoms with E-state index >= 15 is 0 Å². The molecular formula is C11H22O2S4Se. The van der Waals surface area contributed by atoms with Crippen molar-refractivity contribution in [1.82, 2.24) is 0 Å². The van der Waals surface area contributed by atoms with Crippen LogP contribution in [-0.4, -0.2) is 48.1 Å². The molecule has 0 saturated carbocycles. The molecule has 108 valence electrons. The van der Waals surface area contributed by atoms with Crippen molar-refractivity contribution in [2.24, 2.45) is 0 Å². The molecule has 1 rings (SSSR count). The van der Waals surface area contributed by atoms with Crippen molar-refractivity contribution < 1.29 is 8.37 Å². The summed E-state index contributed by atoms with van der Waals surface area (Å²) in [6, 6.07) is 0. The zero-order valence-corrected chi connectivity index (χ0v) is 15.9. The molecule has 0 aromatic rings. The average Bonchev–Trinajstić information content (AvgIpc) is 2.42. The van der Waals surface area contributed by atoms with Gasteiger partial charge in [0.2, 0.25) is 0 Å². The van der Waals surface area contributed by atoms with Crippen LogP contribution in [0.15, 0.2) is 0 Å². The first-order chi connectivity index (χ1) is 8.65. The van der Waals surface area contributed by atoms with Crippen LogP contribution in [0.2, 0.25) is 5.32 Å². The maximum atomic E-state index is 5.01. The molecule has 0 spiro atoms. The molecule has 0 aromatic heterocycles. The van der Waals surface area contributed by atoms with Gasteiger partial charge in [-0.15, -0.1) is 0 Å². The molecule has 1 aliphatic rings. The van der Waals surface area contributed by atoms with Crippen LogP contribution in [0.25, 0.3) is 0 Å². The maximum absolute atomic E-state index is 5.01. The minimum atomic E-state index is 0.245. The van der Waals surface area contributed by atoms with Crippen molar-refractivity contribution in [2.45, 2.75) is 53.6 Å². The third kappa shape index (κ3) is 7.58. The fourth-order valence-electron chi connectivity index (χ4n) is 1.57. The Kier molecular flexibility index (Phi) is 10.5. The van der Waals surface area contributed by atoms with E-state index in [4.69, 9.17) is 8.37 Å². The minimum absolute atomic E-state index is 0.245. The molecule has 2 nitrogen and oxygen atoms in total. The Balaban J connectivity index is 2.19. The summed E-state index contributed by atoms with van der Waals surface area (Å²) >= 11 is 12.6. The summed E-state index contributed by atoms with van der Waals surface area (Å²) in [5.74, 6) is 2.11. The van der Waals surface area contributed by atoms with E-state index in [9.17, 15) is 0 Å². The number of thioether (sulfide) groups is 2. The van der Waals surface area contributed by atoms with Crippen molar-refractivity contribution in [1.29, 1.82) is 0 Å². The van der Waals surface area contributed by atoms with Crippen molar-refractivity contribution in [2.75, 3.05) is 11.5 Å². The van der Waals surface area contributed by atoms with Crippen LogP contribution in [-0.2, 0) is 8.37 Å². The third-order valence-corrected chi connectivity index (χ3v) is 9.89. The standard InChI is InChI=1S/C11H22O2S4Se/c1-8(12-14)6-16-10-3-4-18-11(5-10)17-7-9(2)13-15/h8-11,14-15H,3-7H2,1-2H3. The fourth-order valence-corrected chi connectivity index (χ4v) is 8.71. The Morgan fingerprint density at radius 3 is 2.39 bits per heavy atom. The van der Waals surface area contributed by atoms with Gasteiger partial charge in [-0.2, -0.15) is 0 Å². The van der Waals surface area contributed by atoms with Crippen LogP contribution in [0.5, 0.6) is 0 Å². The first kappa shape index (κ1) is 17.9. The Labute approximate surface area is 137 Å². The normalized spacial score (nSPS) is 28.0. The molecular weight excluding hydrogens is 371 g/mol. The molecule has 7 heteroatoms. The summed E-state index contributed by atoms with van der Waals surface area (Å²) < 4.78 is 10.9. The molecule has 18 heavy (non-hydrogen) atoms. The van der Waals surface area contributed by atoms with Gasteiger partial charge in [0.1, 0.15) is 0 Å². The van der Waals surface area contributed by atoms with Gasteiger partial charge in [0.05, 0.1) is 0 Å². The molecule has 0 N–H and O–H groups in total. The quantitative estimate of drug-likeness (QED) is 0.373. The third-order valence-electron chi connectivity index (χ3n) is 2.64. The summed E-state index contributed by atoms with van der Waals surface area (Å²) in [6.07, 6.45) is 3.21. The Hall–Kier alpha value is 1.84. The molecule has 4 unspecified atom stereocenters. The molecule has 1 heterocycles. The molecule has 0 aromatic carbocycles. The van der Waals surface area contributed by atoms with E-state index in [0.29, 0.717) is 0 Å². The number of rotatable bonds is 8. The Morgan fingerprint density at radius 2 is 1.78 bits per heavy atom. The van der Waals surface area contributed by atoms with Gasteiger partial charge >= 0.3 is 138 Å². The van der Waals surface area contributed by atoms with E-state index in [0.717, 1.165) is 35.9 Å². The summed E-state index contributed by atoms with van der Waals surface area (Å²) in [5, 5.41) is 2.21. The molecule has 0 bridgehead atoms. The van der Waals surface area contributed by atoms with Gasteiger partial charge in [-0.25, -0.2) is 0 Å². The number of hydrogen-bond donors (Lipinski definition) is 2.